The molecule has 3 aromatic carbocycles. The minimum atomic E-state index is -0.464. The molecule has 5 rings (SSSR count). The molecule has 0 radical (unpaired) electrons. The second kappa shape index (κ2) is 9.30. The first kappa shape index (κ1) is 22.1. The lowest BCUT2D eigenvalue weighted by molar-refractivity contribution is -0.117. The SMILES string of the molecule is CCOc1ccc(NC(=O)Cn2nc3c(Oc4ccc(C)cc4)nc4ccccc4n3c2=O)cc1. The van der Waals surface area contributed by atoms with Crippen LogP contribution in [0.2, 0.25) is 0 Å². The van der Waals surface area contributed by atoms with Crippen molar-refractivity contribution in [3.63, 3.8) is 0 Å². The molecule has 35 heavy (non-hydrogen) atoms. The van der Waals surface area contributed by atoms with Crippen LogP contribution in [-0.4, -0.2) is 31.7 Å². The number of para-hydroxylation sites is 2. The van der Waals surface area contributed by atoms with Crippen LogP contribution in [0.15, 0.2) is 77.6 Å². The van der Waals surface area contributed by atoms with E-state index in [4.69, 9.17) is 9.47 Å². The van der Waals surface area contributed by atoms with Gasteiger partial charge < -0.3 is 14.8 Å². The van der Waals surface area contributed by atoms with E-state index in [1.807, 2.05) is 50.2 Å². The lowest BCUT2D eigenvalue weighted by Crippen LogP contribution is -2.28. The highest BCUT2D eigenvalue weighted by Crippen LogP contribution is 2.26. The number of fused-ring (bicyclic) bond motifs is 3. The van der Waals surface area contributed by atoms with Gasteiger partial charge in [0, 0.05) is 5.69 Å². The molecule has 9 nitrogen and oxygen atoms in total. The summed E-state index contributed by atoms with van der Waals surface area (Å²) in [4.78, 5) is 30.6. The van der Waals surface area contributed by atoms with E-state index in [-0.39, 0.29) is 18.1 Å². The predicted octanol–water partition coefficient (Wildman–Crippen LogP) is 4.18. The lowest BCUT2D eigenvalue weighted by atomic mass is 10.2. The number of carbonyl (C=O) groups is 1. The normalized spacial score (nSPS) is 11.0. The number of ether oxygens (including phenoxy) is 2. The highest BCUT2D eigenvalue weighted by molar-refractivity contribution is 5.90. The first-order valence-corrected chi connectivity index (χ1v) is 11.2. The molecule has 1 N–H and O–H groups in total. The fraction of sp³-hybridized carbons (Fsp3) is 0.154. The van der Waals surface area contributed by atoms with Crippen LogP contribution in [0.3, 0.4) is 0 Å². The molecule has 0 saturated heterocycles. The fourth-order valence-electron chi connectivity index (χ4n) is 3.70. The van der Waals surface area contributed by atoms with E-state index in [1.54, 1.807) is 36.4 Å². The molecule has 0 fully saturated rings. The van der Waals surface area contributed by atoms with E-state index < -0.39 is 11.6 Å². The van der Waals surface area contributed by atoms with E-state index in [1.165, 1.54) is 4.40 Å². The molecule has 5 aromatic rings. The third kappa shape index (κ3) is 4.56. The van der Waals surface area contributed by atoms with Crippen LogP contribution in [0, 0.1) is 6.92 Å². The number of nitrogens with zero attached hydrogens (tertiary/aromatic N) is 4. The standard InChI is InChI=1S/C26H23N5O4/c1-3-34-19-14-10-18(11-15-19)27-23(32)16-30-26(33)31-22-7-5-4-6-21(22)28-25(24(31)29-30)35-20-12-8-17(2)9-13-20/h4-15H,3,16H2,1-2H3,(H,27,32). The van der Waals surface area contributed by atoms with Crippen LogP contribution < -0.4 is 20.5 Å². The number of hydrogen-bond donors (Lipinski definition) is 1. The average Bonchev–Trinajstić information content (AvgIpc) is 3.18. The Hall–Kier alpha value is -4.66. The Labute approximate surface area is 200 Å². The van der Waals surface area contributed by atoms with Crippen LogP contribution in [0.1, 0.15) is 12.5 Å². The summed E-state index contributed by atoms with van der Waals surface area (Å²) in [5.74, 6) is 1.06. The first-order valence-electron chi connectivity index (χ1n) is 11.2. The Morgan fingerprint density at radius 1 is 0.971 bits per heavy atom. The quantitative estimate of drug-likeness (QED) is 0.384. The molecule has 0 unspecified atom stereocenters. The topological polar surface area (TPSA) is 99.8 Å². The molecule has 0 spiro atoms. The summed E-state index contributed by atoms with van der Waals surface area (Å²) >= 11 is 0. The van der Waals surface area contributed by atoms with Crippen molar-refractivity contribution in [1.82, 2.24) is 19.2 Å². The van der Waals surface area contributed by atoms with Crippen molar-refractivity contribution in [2.24, 2.45) is 0 Å². The Morgan fingerprint density at radius 2 is 1.69 bits per heavy atom. The summed E-state index contributed by atoms with van der Waals surface area (Å²) in [7, 11) is 0. The molecular formula is C26H23N5O4. The Kier molecular flexibility index (Phi) is 5.88. The maximum atomic E-state index is 13.3. The second-order valence-corrected chi connectivity index (χ2v) is 7.93. The number of aromatic nitrogens is 4. The minimum Gasteiger partial charge on any atom is -0.494 e. The smallest absolute Gasteiger partial charge is 0.351 e. The van der Waals surface area contributed by atoms with Crippen molar-refractivity contribution >= 4 is 28.3 Å². The van der Waals surface area contributed by atoms with Gasteiger partial charge in [-0.1, -0.05) is 29.8 Å². The highest BCUT2D eigenvalue weighted by atomic mass is 16.5. The van der Waals surface area contributed by atoms with Crippen LogP contribution in [0.25, 0.3) is 16.7 Å². The molecule has 176 valence electrons. The van der Waals surface area contributed by atoms with Crippen molar-refractivity contribution < 1.29 is 14.3 Å². The summed E-state index contributed by atoms with van der Waals surface area (Å²) in [6.07, 6.45) is 0. The van der Waals surface area contributed by atoms with E-state index in [2.05, 4.69) is 15.4 Å². The van der Waals surface area contributed by atoms with Gasteiger partial charge in [0.15, 0.2) is 0 Å². The number of hydrogen-bond acceptors (Lipinski definition) is 6. The molecule has 0 bridgehead atoms. The van der Waals surface area contributed by atoms with Gasteiger partial charge in [-0.2, -0.15) is 0 Å². The highest BCUT2D eigenvalue weighted by Gasteiger charge is 2.19. The maximum absolute atomic E-state index is 13.3. The molecule has 0 aliphatic carbocycles. The van der Waals surface area contributed by atoms with Crippen LogP contribution >= 0.6 is 0 Å². The number of amides is 1. The van der Waals surface area contributed by atoms with E-state index >= 15 is 0 Å². The summed E-state index contributed by atoms with van der Waals surface area (Å²) in [5, 5.41) is 7.17. The van der Waals surface area contributed by atoms with Gasteiger partial charge in [-0.05, 0) is 62.4 Å². The summed E-state index contributed by atoms with van der Waals surface area (Å²) in [6.45, 7) is 4.17. The van der Waals surface area contributed by atoms with E-state index in [9.17, 15) is 9.59 Å². The van der Waals surface area contributed by atoms with Crippen molar-refractivity contribution in [3.05, 3.63) is 88.8 Å². The minimum absolute atomic E-state index is 0.176. The third-order valence-electron chi connectivity index (χ3n) is 5.35. The molecule has 0 saturated carbocycles. The van der Waals surface area contributed by atoms with Crippen molar-refractivity contribution in [3.8, 4) is 17.4 Å². The van der Waals surface area contributed by atoms with Crippen molar-refractivity contribution in [2.75, 3.05) is 11.9 Å². The van der Waals surface area contributed by atoms with Crippen LogP contribution in [0.4, 0.5) is 5.69 Å². The van der Waals surface area contributed by atoms with Gasteiger partial charge >= 0.3 is 5.69 Å². The Bertz CT molecular complexity index is 1570. The second-order valence-electron chi connectivity index (χ2n) is 7.93. The maximum Gasteiger partial charge on any atom is 0.351 e. The molecule has 9 heteroatoms. The number of anilines is 1. The Balaban J connectivity index is 1.48. The molecule has 0 atom stereocenters. The van der Waals surface area contributed by atoms with Crippen molar-refractivity contribution in [2.45, 2.75) is 20.4 Å². The Morgan fingerprint density at radius 3 is 2.43 bits per heavy atom. The summed E-state index contributed by atoms with van der Waals surface area (Å²) in [6, 6.07) is 21.7. The third-order valence-corrected chi connectivity index (χ3v) is 5.35. The number of rotatable bonds is 7. The van der Waals surface area contributed by atoms with Crippen molar-refractivity contribution in [1.29, 1.82) is 0 Å². The first-order chi connectivity index (χ1) is 17.0. The zero-order chi connectivity index (χ0) is 24.4. The van der Waals surface area contributed by atoms with Gasteiger partial charge in [0.2, 0.25) is 11.6 Å². The number of benzene rings is 3. The lowest BCUT2D eigenvalue weighted by Gasteiger charge is -2.07. The van der Waals surface area contributed by atoms with Gasteiger partial charge in [0.05, 0.1) is 17.6 Å². The molecule has 2 aromatic heterocycles. The largest absolute Gasteiger partial charge is 0.494 e. The zero-order valence-corrected chi connectivity index (χ0v) is 19.3. The fourth-order valence-corrected chi connectivity index (χ4v) is 3.70. The van der Waals surface area contributed by atoms with Gasteiger partial charge in [0.1, 0.15) is 18.0 Å². The van der Waals surface area contributed by atoms with E-state index in [0.29, 0.717) is 34.8 Å². The summed E-state index contributed by atoms with van der Waals surface area (Å²) in [5.41, 5.74) is 2.58. The van der Waals surface area contributed by atoms with Gasteiger partial charge in [-0.3, -0.25) is 4.79 Å². The molecule has 0 aliphatic heterocycles. The number of aryl methyl sites for hydroxylation is 1. The zero-order valence-electron chi connectivity index (χ0n) is 19.3. The molecule has 2 heterocycles. The average molecular weight is 470 g/mol. The summed E-state index contributed by atoms with van der Waals surface area (Å²) < 4.78 is 13.9. The van der Waals surface area contributed by atoms with Crippen LogP contribution in [0.5, 0.6) is 17.4 Å². The predicted molar refractivity (Wildman–Crippen MR) is 132 cm³/mol. The van der Waals surface area contributed by atoms with Gasteiger partial charge in [-0.15, -0.1) is 5.10 Å². The molecule has 1 amide bonds. The van der Waals surface area contributed by atoms with Gasteiger partial charge in [0.25, 0.3) is 5.88 Å². The number of nitrogens with one attached hydrogen (secondary N) is 1. The van der Waals surface area contributed by atoms with E-state index in [0.717, 1.165) is 10.2 Å². The molecule has 0 aliphatic rings. The van der Waals surface area contributed by atoms with Crippen LogP contribution in [-0.2, 0) is 11.3 Å². The van der Waals surface area contributed by atoms with Gasteiger partial charge in [-0.25, -0.2) is 18.9 Å². The monoisotopic (exact) mass is 469 g/mol. The number of carbonyl (C=O) groups excluding carboxylic acids is 1. The molecular weight excluding hydrogens is 446 g/mol.